The fourth-order valence-corrected chi connectivity index (χ4v) is 2.11. The van der Waals surface area contributed by atoms with E-state index in [1.54, 1.807) is 13.2 Å². The molecule has 0 aliphatic rings. The SMILES string of the molecule is COCCNCC(=Cc1ccc(Cl)cc1Cl)C(C)C. The van der Waals surface area contributed by atoms with Crippen molar-refractivity contribution in [3.63, 3.8) is 0 Å². The van der Waals surface area contributed by atoms with Gasteiger partial charge in [0.1, 0.15) is 0 Å². The van der Waals surface area contributed by atoms with Gasteiger partial charge in [-0.2, -0.15) is 0 Å². The third-order valence-corrected chi connectivity index (χ3v) is 3.42. The zero-order valence-corrected chi connectivity index (χ0v) is 13.2. The summed E-state index contributed by atoms with van der Waals surface area (Å²) in [6.45, 7) is 6.74. The predicted octanol–water partition coefficient (Wildman–Crippen LogP) is 4.27. The lowest BCUT2D eigenvalue weighted by Crippen LogP contribution is -2.23. The molecule has 0 saturated carbocycles. The Labute approximate surface area is 125 Å². The lowest BCUT2D eigenvalue weighted by atomic mass is 10.00. The number of benzene rings is 1. The molecule has 0 heterocycles. The van der Waals surface area contributed by atoms with E-state index in [9.17, 15) is 0 Å². The van der Waals surface area contributed by atoms with Gasteiger partial charge in [-0.25, -0.2) is 0 Å². The molecule has 0 aromatic heterocycles. The van der Waals surface area contributed by atoms with Gasteiger partial charge in [0.25, 0.3) is 0 Å². The molecule has 2 nitrogen and oxygen atoms in total. The van der Waals surface area contributed by atoms with E-state index in [4.69, 9.17) is 27.9 Å². The normalized spacial score (nSPS) is 12.2. The van der Waals surface area contributed by atoms with Crippen LogP contribution >= 0.6 is 23.2 Å². The lowest BCUT2D eigenvalue weighted by molar-refractivity contribution is 0.200. The second-order valence-corrected chi connectivity index (χ2v) is 5.55. The maximum absolute atomic E-state index is 6.19. The van der Waals surface area contributed by atoms with Crippen molar-refractivity contribution in [3.05, 3.63) is 39.4 Å². The number of hydrogen-bond acceptors (Lipinski definition) is 2. The molecule has 0 atom stereocenters. The zero-order valence-electron chi connectivity index (χ0n) is 11.7. The summed E-state index contributed by atoms with van der Waals surface area (Å²) in [5.41, 5.74) is 2.31. The smallest absolute Gasteiger partial charge is 0.0587 e. The molecule has 1 aromatic rings. The van der Waals surface area contributed by atoms with E-state index in [0.29, 0.717) is 22.6 Å². The Morgan fingerprint density at radius 1 is 1.37 bits per heavy atom. The molecule has 1 aromatic carbocycles. The first-order valence-corrected chi connectivity index (χ1v) is 7.15. The number of nitrogens with one attached hydrogen (secondary N) is 1. The third kappa shape index (κ3) is 5.96. The van der Waals surface area contributed by atoms with Crippen molar-refractivity contribution in [3.8, 4) is 0 Å². The second kappa shape index (κ2) is 8.60. The lowest BCUT2D eigenvalue weighted by Gasteiger charge is -2.13. The third-order valence-electron chi connectivity index (χ3n) is 2.86. The van der Waals surface area contributed by atoms with Crippen LogP contribution in [0, 0.1) is 5.92 Å². The first-order chi connectivity index (χ1) is 9.04. The fourth-order valence-electron chi connectivity index (χ4n) is 1.65. The quantitative estimate of drug-likeness (QED) is 0.760. The Kier molecular flexibility index (Phi) is 7.47. The molecule has 4 heteroatoms. The Bertz CT molecular complexity index is 430. The first kappa shape index (κ1) is 16.5. The summed E-state index contributed by atoms with van der Waals surface area (Å²) >= 11 is 12.1. The Balaban J connectivity index is 2.76. The van der Waals surface area contributed by atoms with Crippen molar-refractivity contribution in [1.29, 1.82) is 0 Å². The van der Waals surface area contributed by atoms with Crippen molar-refractivity contribution in [2.45, 2.75) is 13.8 Å². The van der Waals surface area contributed by atoms with Crippen molar-refractivity contribution >= 4 is 29.3 Å². The van der Waals surface area contributed by atoms with Crippen LogP contribution in [0.2, 0.25) is 10.0 Å². The van der Waals surface area contributed by atoms with Crippen LogP contribution in [0.25, 0.3) is 6.08 Å². The summed E-state index contributed by atoms with van der Waals surface area (Å²) in [5.74, 6) is 0.460. The van der Waals surface area contributed by atoms with Crippen LogP contribution in [-0.4, -0.2) is 26.8 Å². The highest BCUT2D eigenvalue weighted by molar-refractivity contribution is 6.35. The topological polar surface area (TPSA) is 21.3 Å². The summed E-state index contributed by atoms with van der Waals surface area (Å²) in [6, 6.07) is 5.57. The molecule has 106 valence electrons. The average molecular weight is 302 g/mol. The molecule has 0 fully saturated rings. The highest BCUT2D eigenvalue weighted by Crippen LogP contribution is 2.24. The molecule has 0 saturated heterocycles. The molecular formula is C15H21Cl2NO. The van der Waals surface area contributed by atoms with Crippen LogP contribution < -0.4 is 5.32 Å². The van der Waals surface area contributed by atoms with Gasteiger partial charge in [0.15, 0.2) is 0 Å². The van der Waals surface area contributed by atoms with Gasteiger partial charge in [0, 0.05) is 30.2 Å². The van der Waals surface area contributed by atoms with E-state index >= 15 is 0 Å². The maximum atomic E-state index is 6.19. The number of hydrogen-bond donors (Lipinski definition) is 1. The van der Waals surface area contributed by atoms with E-state index in [1.807, 2.05) is 12.1 Å². The first-order valence-electron chi connectivity index (χ1n) is 6.39. The van der Waals surface area contributed by atoms with Crippen LogP contribution in [0.3, 0.4) is 0 Å². The van der Waals surface area contributed by atoms with Crippen LogP contribution in [0.1, 0.15) is 19.4 Å². The minimum absolute atomic E-state index is 0.460. The fraction of sp³-hybridized carbons (Fsp3) is 0.467. The van der Waals surface area contributed by atoms with Crippen LogP contribution in [0.5, 0.6) is 0 Å². The number of halogens is 2. The largest absolute Gasteiger partial charge is 0.383 e. The summed E-state index contributed by atoms with van der Waals surface area (Å²) in [7, 11) is 1.70. The second-order valence-electron chi connectivity index (χ2n) is 4.71. The van der Waals surface area contributed by atoms with Gasteiger partial charge in [-0.3, -0.25) is 0 Å². The molecule has 1 rings (SSSR count). The van der Waals surface area contributed by atoms with E-state index in [0.717, 1.165) is 18.7 Å². The van der Waals surface area contributed by atoms with Crippen LogP contribution in [0.15, 0.2) is 23.8 Å². The molecule has 19 heavy (non-hydrogen) atoms. The average Bonchev–Trinajstić information content (AvgIpc) is 2.35. The van der Waals surface area contributed by atoms with Gasteiger partial charge in [-0.05, 0) is 23.6 Å². The molecule has 0 radical (unpaired) electrons. The maximum Gasteiger partial charge on any atom is 0.0587 e. The molecule has 0 bridgehead atoms. The molecule has 0 amide bonds. The summed E-state index contributed by atoms with van der Waals surface area (Å²) < 4.78 is 5.02. The van der Waals surface area contributed by atoms with Crippen molar-refractivity contribution in [2.24, 2.45) is 5.92 Å². The monoisotopic (exact) mass is 301 g/mol. The van der Waals surface area contributed by atoms with E-state index in [1.165, 1.54) is 5.57 Å². The molecule has 0 spiro atoms. The highest BCUT2D eigenvalue weighted by atomic mass is 35.5. The molecule has 0 aliphatic carbocycles. The molecular weight excluding hydrogens is 281 g/mol. The standard InChI is InChI=1S/C15H21Cl2NO/c1-11(2)13(10-18-6-7-19-3)8-12-4-5-14(16)9-15(12)17/h4-5,8-9,11,18H,6-7,10H2,1-3H3. The minimum atomic E-state index is 0.460. The Morgan fingerprint density at radius 2 is 2.11 bits per heavy atom. The Morgan fingerprint density at radius 3 is 2.68 bits per heavy atom. The van der Waals surface area contributed by atoms with Gasteiger partial charge < -0.3 is 10.1 Å². The van der Waals surface area contributed by atoms with Crippen LogP contribution in [-0.2, 0) is 4.74 Å². The van der Waals surface area contributed by atoms with Crippen molar-refractivity contribution < 1.29 is 4.74 Å². The van der Waals surface area contributed by atoms with E-state index in [-0.39, 0.29) is 0 Å². The predicted molar refractivity (Wildman–Crippen MR) is 84.0 cm³/mol. The summed E-state index contributed by atoms with van der Waals surface area (Å²) in [5, 5.41) is 4.70. The van der Waals surface area contributed by atoms with Gasteiger partial charge >= 0.3 is 0 Å². The Hall–Kier alpha value is -0.540. The van der Waals surface area contributed by atoms with Gasteiger partial charge in [-0.1, -0.05) is 54.8 Å². The van der Waals surface area contributed by atoms with E-state index in [2.05, 4.69) is 25.2 Å². The van der Waals surface area contributed by atoms with Gasteiger partial charge in [-0.15, -0.1) is 0 Å². The number of methoxy groups -OCH3 is 1. The van der Waals surface area contributed by atoms with Gasteiger partial charge in [0.05, 0.1) is 6.61 Å². The minimum Gasteiger partial charge on any atom is -0.383 e. The number of ether oxygens (including phenoxy) is 1. The molecule has 1 N–H and O–H groups in total. The van der Waals surface area contributed by atoms with Gasteiger partial charge in [0.2, 0.25) is 0 Å². The zero-order chi connectivity index (χ0) is 14.3. The highest BCUT2D eigenvalue weighted by Gasteiger charge is 2.05. The number of rotatable bonds is 7. The summed E-state index contributed by atoms with van der Waals surface area (Å²) in [6.07, 6.45) is 2.13. The summed E-state index contributed by atoms with van der Waals surface area (Å²) in [4.78, 5) is 0. The van der Waals surface area contributed by atoms with Crippen LogP contribution in [0.4, 0.5) is 0 Å². The molecule has 0 unspecified atom stereocenters. The van der Waals surface area contributed by atoms with Crippen molar-refractivity contribution in [2.75, 3.05) is 26.8 Å². The van der Waals surface area contributed by atoms with Crippen molar-refractivity contribution in [1.82, 2.24) is 5.32 Å². The van der Waals surface area contributed by atoms with E-state index < -0.39 is 0 Å². The molecule has 0 aliphatic heterocycles.